The van der Waals surface area contributed by atoms with Crippen LogP contribution in [0.2, 0.25) is 0 Å². The highest BCUT2D eigenvalue weighted by Gasteiger charge is 2.37. The molecule has 0 atom stereocenters. The quantitative estimate of drug-likeness (QED) is 0.446. The fourth-order valence-corrected chi connectivity index (χ4v) is 3.50. The average Bonchev–Trinajstić information content (AvgIpc) is 3.41. The summed E-state index contributed by atoms with van der Waals surface area (Å²) in [6, 6.07) is 1.82. The van der Waals surface area contributed by atoms with Gasteiger partial charge in [0.15, 0.2) is 5.82 Å². The summed E-state index contributed by atoms with van der Waals surface area (Å²) in [7, 11) is 0. The van der Waals surface area contributed by atoms with Crippen LogP contribution in [0.1, 0.15) is 11.5 Å². The number of aliphatic hydroxyl groups excluding tert-OH is 1. The standard InChI is InChI=1S/C17H16F3N9O/c18-17(19,20)15-25-14(26-27-15)12-13(11-3-21-8-22-11)29-2-1-10(23-16(29)24-12)6-28-4-9(5-28)7-30/h1-3,8-9,30H,4-7H2,(H,21,22)(H,25,26,27). The fraction of sp³-hybridized carbons (Fsp3) is 0.353. The molecule has 13 heteroatoms. The minimum Gasteiger partial charge on any atom is -0.396 e. The highest BCUT2D eigenvalue weighted by Crippen LogP contribution is 2.32. The Morgan fingerprint density at radius 1 is 1.20 bits per heavy atom. The number of halogens is 3. The van der Waals surface area contributed by atoms with Crippen molar-refractivity contribution in [3.05, 3.63) is 36.3 Å². The molecule has 0 radical (unpaired) electrons. The zero-order valence-electron chi connectivity index (χ0n) is 15.4. The van der Waals surface area contributed by atoms with Crippen LogP contribution in [-0.4, -0.2) is 69.2 Å². The molecule has 0 amide bonds. The van der Waals surface area contributed by atoms with Gasteiger partial charge in [-0.2, -0.15) is 13.2 Å². The maximum absolute atomic E-state index is 12.9. The van der Waals surface area contributed by atoms with Crippen LogP contribution >= 0.6 is 0 Å². The predicted molar refractivity (Wildman–Crippen MR) is 96.8 cm³/mol. The van der Waals surface area contributed by atoms with Crippen molar-refractivity contribution < 1.29 is 18.3 Å². The zero-order chi connectivity index (χ0) is 20.9. The number of H-pyrrole nitrogens is 2. The van der Waals surface area contributed by atoms with E-state index in [0.29, 0.717) is 23.7 Å². The maximum Gasteiger partial charge on any atom is 0.453 e. The minimum absolute atomic E-state index is 0.124. The van der Waals surface area contributed by atoms with Crippen molar-refractivity contribution in [1.29, 1.82) is 0 Å². The molecule has 0 aliphatic carbocycles. The number of aromatic nitrogens is 8. The lowest BCUT2D eigenvalue weighted by Crippen LogP contribution is -2.47. The lowest BCUT2D eigenvalue weighted by molar-refractivity contribution is -0.144. The highest BCUT2D eigenvalue weighted by molar-refractivity contribution is 5.76. The molecule has 0 aromatic carbocycles. The van der Waals surface area contributed by atoms with Gasteiger partial charge in [-0.05, 0) is 6.07 Å². The van der Waals surface area contributed by atoms with E-state index in [0.717, 1.165) is 18.8 Å². The molecule has 4 aromatic heterocycles. The van der Waals surface area contributed by atoms with E-state index in [1.807, 2.05) is 6.07 Å². The maximum atomic E-state index is 12.9. The first-order valence-electron chi connectivity index (χ1n) is 9.12. The number of fused-ring (bicyclic) bond motifs is 1. The number of hydrogen-bond acceptors (Lipinski definition) is 7. The summed E-state index contributed by atoms with van der Waals surface area (Å²) in [5, 5.41) is 14.7. The number of aromatic amines is 2. The van der Waals surface area contributed by atoms with Gasteiger partial charge in [-0.3, -0.25) is 14.4 Å². The molecule has 5 heterocycles. The normalized spacial score (nSPS) is 15.7. The highest BCUT2D eigenvalue weighted by atomic mass is 19.4. The third kappa shape index (κ3) is 3.21. The molecular weight excluding hydrogens is 403 g/mol. The van der Waals surface area contributed by atoms with Gasteiger partial charge in [0.1, 0.15) is 17.1 Å². The van der Waals surface area contributed by atoms with Gasteiger partial charge in [0.25, 0.3) is 5.82 Å². The van der Waals surface area contributed by atoms with Gasteiger partial charge < -0.3 is 10.1 Å². The number of nitrogens with zero attached hydrogens (tertiary/aromatic N) is 7. The molecule has 4 aromatic rings. The van der Waals surface area contributed by atoms with Gasteiger partial charge in [0, 0.05) is 44.6 Å². The molecule has 3 N–H and O–H groups in total. The molecular formula is C17H16F3N9O. The third-order valence-electron chi connectivity index (χ3n) is 4.93. The molecule has 1 fully saturated rings. The molecule has 10 nitrogen and oxygen atoms in total. The zero-order valence-corrected chi connectivity index (χ0v) is 15.4. The SMILES string of the molecule is OCC1CN(Cc2ccn3c(-c4c[nH]cn4)c(-c4nc(C(F)(F)F)n[nH]4)nc3n2)C1. The first-order chi connectivity index (χ1) is 14.4. The van der Waals surface area contributed by atoms with Crippen molar-refractivity contribution in [2.75, 3.05) is 19.7 Å². The minimum atomic E-state index is -4.67. The van der Waals surface area contributed by atoms with Crippen LogP contribution in [-0.2, 0) is 12.7 Å². The number of hydrogen-bond donors (Lipinski definition) is 3. The van der Waals surface area contributed by atoms with E-state index in [1.54, 1.807) is 16.8 Å². The van der Waals surface area contributed by atoms with Crippen LogP contribution in [0.5, 0.6) is 0 Å². The van der Waals surface area contributed by atoms with Crippen LogP contribution in [0.25, 0.3) is 28.7 Å². The van der Waals surface area contributed by atoms with E-state index in [2.05, 4.69) is 40.0 Å². The number of nitrogens with one attached hydrogen (secondary N) is 2. The summed E-state index contributed by atoms with van der Waals surface area (Å²) >= 11 is 0. The monoisotopic (exact) mass is 419 g/mol. The molecule has 0 bridgehead atoms. The third-order valence-corrected chi connectivity index (χ3v) is 4.93. The molecule has 0 saturated carbocycles. The Hall–Kier alpha value is -3.32. The largest absolute Gasteiger partial charge is 0.453 e. The van der Waals surface area contributed by atoms with Crippen molar-refractivity contribution in [1.82, 2.24) is 44.4 Å². The molecule has 156 valence electrons. The van der Waals surface area contributed by atoms with Gasteiger partial charge in [-0.15, -0.1) is 5.10 Å². The Labute approximate surface area is 166 Å². The Kier molecular flexibility index (Phi) is 4.29. The molecule has 0 spiro atoms. The van der Waals surface area contributed by atoms with Crippen LogP contribution in [0.3, 0.4) is 0 Å². The Morgan fingerprint density at radius 3 is 2.70 bits per heavy atom. The molecule has 1 saturated heterocycles. The molecule has 1 aliphatic heterocycles. The lowest BCUT2D eigenvalue weighted by Gasteiger charge is -2.37. The first kappa shape index (κ1) is 18.7. The lowest BCUT2D eigenvalue weighted by atomic mass is 10.0. The van der Waals surface area contributed by atoms with E-state index in [9.17, 15) is 13.2 Å². The number of rotatable bonds is 5. The predicted octanol–water partition coefficient (Wildman–Crippen LogP) is 1.35. The second-order valence-electron chi connectivity index (χ2n) is 7.10. The van der Waals surface area contributed by atoms with E-state index < -0.39 is 12.0 Å². The fourth-order valence-electron chi connectivity index (χ4n) is 3.50. The van der Waals surface area contributed by atoms with Gasteiger partial charge in [-0.25, -0.2) is 19.9 Å². The Morgan fingerprint density at radius 2 is 2.03 bits per heavy atom. The van der Waals surface area contributed by atoms with Gasteiger partial charge >= 0.3 is 6.18 Å². The van der Waals surface area contributed by atoms with E-state index in [1.165, 1.54) is 6.33 Å². The van der Waals surface area contributed by atoms with Crippen molar-refractivity contribution in [3.8, 4) is 22.9 Å². The Balaban J connectivity index is 1.55. The number of imidazole rings is 2. The molecule has 1 aliphatic rings. The van der Waals surface area contributed by atoms with E-state index >= 15 is 0 Å². The van der Waals surface area contributed by atoms with E-state index in [-0.39, 0.29) is 24.0 Å². The van der Waals surface area contributed by atoms with Crippen LogP contribution in [0.4, 0.5) is 13.2 Å². The topological polar surface area (TPSA) is 124 Å². The summed E-state index contributed by atoms with van der Waals surface area (Å²) in [6.07, 6.45) is 0.151. The average molecular weight is 419 g/mol. The summed E-state index contributed by atoms with van der Waals surface area (Å²) in [6.45, 7) is 2.34. The van der Waals surface area contributed by atoms with Crippen molar-refractivity contribution >= 4 is 5.78 Å². The summed E-state index contributed by atoms with van der Waals surface area (Å²) in [5.41, 5.74) is 1.85. The smallest absolute Gasteiger partial charge is 0.396 e. The molecule has 5 rings (SSSR count). The van der Waals surface area contributed by atoms with Gasteiger partial charge in [0.05, 0.1) is 12.0 Å². The number of alkyl halides is 3. The number of aliphatic hydroxyl groups is 1. The number of likely N-dealkylation sites (tertiary alicyclic amines) is 1. The first-order valence-corrected chi connectivity index (χ1v) is 9.12. The van der Waals surface area contributed by atoms with Gasteiger partial charge in [0.2, 0.25) is 5.78 Å². The van der Waals surface area contributed by atoms with Crippen LogP contribution < -0.4 is 0 Å². The second kappa shape index (κ2) is 6.88. The van der Waals surface area contributed by atoms with Crippen molar-refractivity contribution in [2.24, 2.45) is 5.92 Å². The van der Waals surface area contributed by atoms with Gasteiger partial charge in [-0.1, -0.05) is 0 Å². The molecule has 0 unspecified atom stereocenters. The second-order valence-corrected chi connectivity index (χ2v) is 7.10. The van der Waals surface area contributed by atoms with Crippen molar-refractivity contribution in [2.45, 2.75) is 12.7 Å². The molecule has 30 heavy (non-hydrogen) atoms. The Bertz CT molecular complexity index is 1180. The van der Waals surface area contributed by atoms with Crippen molar-refractivity contribution in [3.63, 3.8) is 0 Å². The summed E-state index contributed by atoms with van der Waals surface area (Å²) < 4.78 is 40.5. The van der Waals surface area contributed by atoms with Crippen LogP contribution in [0, 0.1) is 5.92 Å². The van der Waals surface area contributed by atoms with Crippen LogP contribution in [0.15, 0.2) is 24.8 Å². The summed E-state index contributed by atoms with van der Waals surface area (Å²) in [4.78, 5) is 21.7. The van der Waals surface area contributed by atoms with E-state index in [4.69, 9.17) is 5.11 Å². The summed E-state index contributed by atoms with van der Waals surface area (Å²) in [5.74, 6) is -0.801.